The Balaban J connectivity index is 1.33. The lowest BCUT2D eigenvalue weighted by atomic mass is 10.1. The van der Waals surface area contributed by atoms with Crippen molar-refractivity contribution >= 4 is 29.4 Å². The summed E-state index contributed by atoms with van der Waals surface area (Å²) in [5.41, 5.74) is 1.85. The average molecular weight is 590 g/mol. The molecule has 0 aliphatic carbocycles. The Kier molecular flexibility index (Phi) is 9.18. The minimum atomic E-state index is -0.435. The second-order valence-electron chi connectivity index (χ2n) is 9.92. The zero-order valence-electron chi connectivity index (χ0n) is 23.4. The zero-order valence-corrected chi connectivity index (χ0v) is 24.1. The van der Waals surface area contributed by atoms with Gasteiger partial charge in [0.15, 0.2) is 0 Å². The molecule has 1 N–H and O–H groups in total. The molecule has 0 bridgehead atoms. The molecule has 0 saturated carbocycles. The summed E-state index contributed by atoms with van der Waals surface area (Å²) in [5.74, 6) is 1.49. The summed E-state index contributed by atoms with van der Waals surface area (Å²) in [7, 11) is 1.61. The van der Waals surface area contributed by atoms with Gasteiger partial charge in [-0.1, -0.05) is 54.1 Å². The summed E-state index contributed by atoms with van der Waals surface area (Å²) < 4.78 is 12.5. The summed E-state index contributed by atoms with van der Waals surface area (Å²) in [5, 5.41) is 3.33. The number of methoxy groups -OCH3 is 1. The van der Waals surface area contributed by atoms with E-state index >= 15 is 0 Å². The van der Waals surface area contributed by atoms with Gasteiger partial charge in [0.05, 0.1) is 19.2 Å². The first kappa shape index (κ1) is 28.9. The molecular formula is C30H32ClN7O4. The van der Waals surface area contributed by atoms with Crippen LogP contribution < -0.4 is 15.0 Å². The fourth-order valence-corrected chi connectivity index (χ4v) is 5.01. The van der Waals surface area contributed by atoms with E-state index in [1.807, 2.05) is 66.4 Å². The molecule has 1 fully saturated rings. The molecule has 2 aromatic carbocycles. The number of benzene rings is 2. The first-order chi connectivity index (χ1) is 20.4. The maximum Gasteiger partial charge on any atom is 0.410 e. The van der Waals surface area contributed by atoms with Crippen LogP contribution in [0.25, 0.3) is 5.95 Å². The molecule has 0 spiro atoms. The van der Waals surface area contributed by atoms with E-state index in [0.717, 1.165) is 16.9 Å². The highest BCUT2D eigenvalue weighted by Gasteiger charge is 2.33. The van der Waals surface area contributed by atoms with Gasteiger partial charge in [0.1, 0.15) is 29.7 Å². The number of nitrogens with zero attached hydrogens (tertiary/aromatic N) is 6. The Hall–Kier alpha value is -4.64. The van der Waals surface area contributed by atoms with Crippen molar-refractivity contribution in [3.63, 3.8) is 0 Å². The van der Waals surface area contributed by atoms with Crippen LogP contribution in [0.1, 0.15) is 30.5 Å². The smallest absolute Gasteiger partial charge is 0.410 e. The van der Waals surface area contributed by atoms with E-state index in [-0.39, 0.29) is 36.7 Å². The van der Waals surface area contributed by atoms with Crippen molar-refractivity contribution in [3.8, 4) is 11.7 Å². The van der Waals surface area contributed by atoms with Gasteiger partial charge in [-0.05, 0) is 30.2 Å². The molecule has 1 saturated heterocycles. The predicted octanol–water partition coefficient (Wildman–Crippen LogP) is 4.42. The third-order valence-corrected chi connectivity index (χ3v) is 7.25. The largest absolute Gasteiger partial charge is 0.497 e. The number of hydrogen-bond acceptors (Lipinski definition) is 8. The van der Waals surface area contributed by atoms with Crippen LogP contribution in [0.5, 0.6) is 5.75 Å². The normalized spacial score (nSPS) is 15.6. The number of carbonyl (C=O) groups excluding carboxylic acids is 2. The van der Waals surface area contributed by atoms with Crippen LogP contribution >= 0.6 is 11.6 Å². The number of nitrogens with one attached hydrogen (secondary N) is 1. The van der Waals surface area contributed by atoms with Crippen LogP contribution in [0, 0.1) is 0 Å². The molecule has 0 radical (unpaired) electrons. The van der Waals surface area contributed by atoms with Gasteiger partial charge in [-0.3, -0.25) is 9.36 Å². The SMILES string of the molecule is COc1ccc(C(C)NC(=O)CC2CN(C(=O)OCc3ccccc3)CCN2c2cc(Cl)nc(-n3ccnc3)n2)cc1. The summed E-state index contributed by atoms with van der Waals surface area (Å²) in [6.07, 6.45) is 4.62. The number of carbonyl (C=O) groups is 2. The standard InChI is InChI=1S/C30H32ClN7O4/c1-21(23-8-10-25(41-2)11-9-23)33-28(39)16-24-18-36(30(40)42-19-22-6-4-3-5-7-22)14-15-38(24)27-17-26(31)34-29(35-27)37-13-12-32-20-37/h3-13,17,20-21,24H,14-16,18-19H2,1-2H3,(H,33,39). The molecule has 2 amide bonds. The maximum atomic E-state index is 13.3. The molecule has 4 aromatic rings. The Bertz CT molecular complexity index is 1490. The number of amides is 2. The van der Waals surface area contributed by atoms with Crippen molar-refractivity contribution in [2.75, 3.05) is 31.6 Å². The highest BCUT2D eigenvalue weighted by molar-refractivity contribution is 6.29. The van der Waals surface area contributed by atoms with E-state index in [1.165, 1.54) is 0 Å². The van der Waals surface area contributed by atoms with Crippen molar-refractivity contribution < 1.29 is 19.1 Å². The van der Waals surface area contributed by atoms with E-state index in [1.54, 1.807) is 41.4 Å². The molecule has 5 rings (SSSR count). The molecule has 2 aromatic heterocycles. The maximum absolute atomic E-state index is 13.3. The second-order valence-corrected chi connectivity index (χ2v) is 10.3. The van der Waals surface area contributed by atoms with Crippen LogP contribution in [-0.2, 0) is 16.1 Å². The van der Waals surface area contributed by atoms with E-state index < -0.39 is 12.1 Å². The van der Waals surface area contributed by atoms with E-state index in [9.17, 15) is 9.59 Å². The molecule has 42 heavy (non-hydrogen) atoms. The Morgan fingerprint density at radius 3 is 2.60 bits per heavy atom. The number of anilines is 1. The molecule has 2 atom stereocenters. The van der Waals surface area contributed by atoms with Crippen LogP contribution in [0.15, 0.2) is 79.4 Å². The summed E-state index contributed by atoms with van der Waals surface area (Å²) >= 11 is 6.39. The van der Waals surface area contributed by atoms with Crippen molar-refractivity contribution in [3.05, 3.63) is 95.7 Å². The second kappa shape index (κ2) is 13.3. The minimum absolute atomic E-state index is 0.116. The molecule has 2 unspecified atom stereocenters. The first-order valence-corrected chi connectivity index (χ1v) is 14.0. The molecule has 11 nitrogen and oxygen atoms in total. The Morgan fingerprint density at radius 2 is 1.88 bits per heavy atom. The van der Waals surface area contributed by atoms with Gasteiger partial charge in [-0.15, -0.1) is 0 Å². The van der Waals surface area contributed by atoms with Gasteiger partial charge in [0.2, 0.25) is 11.9 Å². The molecular weight excluding hydrogens is 558 g/mol. The number of imidazole rings is 1. The predicted molar refractivity (Wildman–Crippen MR) is 158 cm³/mol. The fraction of sp³-hybridized carbons (Fsp3) is 0.300. The van der Waals surface area contributed by atoms with Crippen LogP contribution in [0.2, 0.25) is 5.15 Å². The number of piperazine rings is 1. The zero-order chi connectivity index (χ0) is 29.5. The lowest BCUT2D eigenvalue weighted by Crippen LogP contribution is -2.56. The van der Waals surface area contributed by atoms with Gasteiger partial charge in [0.25, 0.3) is 0 Å². The third-order valence-electron chi connectivity index (χ3n) is 7.06. The van der Waals surface area contributed by atoms with Crippen molar-refractivity contribution in [2.24, 2.45) is 0 Å². The van der Waals surface area contributed by atoms with Crippen LogP contribution in [0.3, 0.4) is 0 Å². The van der Waals surface area contributed by atoms with Gasteiger partial charge < -0.3 is 24.6 Å². The van der Waals surface area contributed by atoms with E-state index in [4.69, 9.17) is 26.1 Å². The summed E-state index contributed by atoms with van der Waals surface area (Å²) in [6.45, 7) is 3.16. The first-order valence-electron chi connectivity index (χ1n) is 13.6. The third kappa shape index (κ3) is 7.16. The summed E-state index contributed by atoms with van der Waals surface area (Å²) in [4.78, 5) is 43.1. The van der Waals surface area contributed by atoms with Gasteiger partial charge in [-0.2, -0.15) is 4.98 Å². The highest BCUT2D eigenvalue weighted by Crippen LogP contribution is 2.25. The molecule has 12 heteroatoms. The summed E-state index contributed by atoms with van der Waals surface area (Å²) in [6, 6.07) is 18.1. The fourth-order valence-electron chi connectivity index (χ4n) is 4.83. The van der Waals surface area contributed by atoms with Crippen LogP contribution in [-0.4, -0.2) is 69.2 Å². The number of halogens is 1. The number of hydrogen-bond donors (Lipinski definition) is 1. The van der Waals surface area contributed by atoms with Gasteiger partial charge in [0, 0.05) is 44.5 Å². The number of ether oxygens (including phenoxy) is 2. The molecule has 1 aliphatic heterocycles. The lowest BCUT2D eigenvalue weighted by Gasteiger charge is -2.41. The monoisotopic (exact) mass is 589 g/mol. The Morgan fingerprint density at radius 1 is 1.10 bits per heavy atom. The van der Waals surface area contributed by atoms with Gasteiger partial charge in [-0.25, -0.2) is 14.8 Å². The van der Waals surface area contributed by atoms with E-state index in [2.05, 4.69) is 15.3 Å². The molecule has 1 aliphatic rings. The van der Waals surface area contributed by atoms with Crippen molar-refractivity contribution in [1.29, 1.82) is 0 Å². The number of aromatic nitrogens is 4. The number of rotatable bonds is 9. The lowest BCUT2D eigenvalue weighted by molar-refractivity contribution is -0.122. The quantitative estimate of drug-likeness (QED) is 0.285. The topological polar surface area (TPSA) is 115 Å². The minimum Gasteiger partial charge on any atom is -0.497 e. The van der Waals surface area contributed by atoms with Crippen molar-refractivity contribution in [1.82, 2.24) is 29.7 Å². The molecule has 3 heterocycles. The van der Waals surface area contributed by atoms with Crippen molar-refractivity contribution in [2.45, 2.75) is 32.0 Å². The highest BCUT2D eigenvalue weighted by atomic mass is 35.5. The molecule has 218 valence electrons. The van der Waals surface area contributed by atoms with Gasteiger partial charge >= 0.3 is 6.09 Å². The van der Waals surface area contributed by atoms with E-state index in [0.29, 0.717) is 24.9 Å². The average Bonchev–Trinajstić information content (AvgIpc) is 3.55. The Labute approximate surface area is 249 Å². The van der Waals surface area contributed by atoms with Crippen LogP contribution in [0.4, 0.5) is 10.6 Å².